The largest absolute Gasteiger partial charge is 0.508 e. The number of phenols is 1. The molecule has 0 spiro atoms. The topological polar surface area (TPSA) is 66.4 Å². The van der Waals surface area contributed by atoms with Gasteiger partial charge >= 0.3 is 0 Å². The third kappa shape index (κ3) is 3.03. The summed E-state index contributed by atoms with van der Waals surface area (Å²) in [5.74, 6) is 0.0657. The molecular formula is C13H19NO3S. The molecule has 1 saturated carbocycles. The SMILES string of the molecule is CC1(C)CCC(NS(=O)(=O)c2ccc(O)cc2)C1. The van der Waals surface area contributed by atoms with E-state index < -0.39 is 10.0 Å². The van der Waals surface area contributed by atoms with Gasteiger partial charge in [-0.15, -0.1) is 0 Å². The minimum Gasteiger partial charge on any atom is -0.508 e. The van der Waals surface area contributed by atoms with E-state index in [1.807, 2.05) is 0 Å². The zero-order chi connectivity index (χ0) is 13.4. The minimum absolute atomic E-state index is 0.0128. The van der Waals surface area contributed by atoms with Crippen molar-refractivity contribution >= 4 is 10.0 Å². The fourth-order valence-electron chi connectivity index (χ4n) is 2.45. The highest BCUT2D eigenvalue weighted by atomic mass is 32.2. The summed E-state index contributed by atoms with van der Waals surface area (Å²) in [7, 11) is -3.47. The highest BCUT2D eigenvalue weighted by Gasteiger charge is 2.33. The van der Waals surface area contributed by atoms with Gasteiger partial charge in [0.05, 0.1) is 4.90 Å². The van der Waals surface area contributed by atoms with Crippen molar-refractivity contribution in [2.75, 3.05) is 0 Å². The van der Waals surface area contributed by atoms with Crippen LogP contribution in [0.15, 0.2) is 29.2 Å². The summed E-state index contributed by atoms with van der Waals surface area (Å²) >= 11 is 0. The van der Waals surface area contributed by atoms with Crippen LogP contribution in [0.3, 0.4) is 0 Å². The molecule has 1 aliphatic rings. The van der Waals surface area contributed by atoms with E-state index in [1.165, 1.54) is 24.3 Å². The third-order valence-corrected chi connectivity index (χ3v) is 4.97. The molecule has 2 N–H and O–H groups in total. The fraction of sp³-hybridized carbons (Fsp3) is 0.538. The first-order valence-corrected chi connectivity index (χ1v) is 7.58. The first-order valence-electron chi connectivity index (χ1n) is 6.10. The Morgan fingerprint density at radius 2 is 1.89 bits per heavy atom. The molecule has 0 heterocycles. The Bertz CT molecular complexity index is 520. The second kappa shape index (κ2) is 4.55. The number of benzene rings is 1. The van der Waals surface area contributed by atoms with E-state index in [9.17, 15) is 8.42 Å². The molecule has 5 heteroatoms. The van der Waals surface area contributed by atoms with Gasteiger partial charge in [0.2, 0.25) is 10.0 Å². The molecule has 1 atom stereocenters. The Morgan fingerprint density at radius 3 is 2.39 bits per heavy atom. The molecule has 2 rings (SSSR count). The summed E-state index contributed by atoms with van der Waals surface area (Å²) in [6.45, 7) is 4.31. The van der Waals surface area contributed by atoms with Gasteiger partial charge in [0.25, 0.3) is 0 Å². The van der Waals surface area contributed by atoms with Gasteiger partial charge in [0, 0.05) is 6.04 Å². The van der Waals surface area contributed by atoms with Crippen LogP contribution in [0.4, 0.5) is 0 Å². The molecule has 1 aliphatic carbocycles. The van der Waals surface area contributed by atoms with Crippen molar-refractivity contribution < 1.29 is 13.5 Å². The van der Waals surface area contributed by atoms with E-state index in [4.69, 9.17) is 5.11 Å². The average Bonchev–Trinajstić information content (AvgIpc) is 2.57. The van der Waals surface area contributed by atoms with E-state index in [0.717, 1.165) is 19.3 Å². The van der Waals surface area contributed by atoms with Crippen molar-refractivity contribution in [2.24, 2.45) is 5.41 Å². The van der Waals surface area contributed by atoms with Gasteiger partial charge in [-0.2, -0.15) is 0 Å². The van der Waals surface area contributed by atoms with E-state index in [2.05, 4.69) is 18.6 Å². The summed E-state index contributed by atoms with van der Waals surface area (Å²) in [4.78, 5) is 0.199. The van der Waals surface area contributed by atoms with E-state index in [0.29, 0.717) is 0 Å². The second-order valence-corrected chi connectivity index (χ2v) is 7.43. The Kier molecular flexibility index (Phi) is 3.38. The normalized spacial score (nSPS) is 23.1. The van der Waals surface area contributed by atoms with Gasteiger partial charge in [-0.25, -0.2) is 13.1 Å². The Morgan fingerprint density at radius 1 is 1.28 bits per heavy atom. The maximum Gasteiger partial charge on any atom is 0.240 e. The molecule has 0 amide bonds. The maximum atomic E-state index is 12.1. The molecule has 0 aromatic heterocycles. The van der Waals surface area contributed by atoms with Gasteiger partial charge < -0.3 is 5.11 Å². The monoisotopic (exact) mass is 269 g/mol. The zero-order valence-corrected chi connectivity index (χ0v) is 11.5. The Labute approximate surface area is 108 Å². The standard InChI is InChI=1S/C13H19NO3S/c1-13(2)8-7-10(9-13)14-18(16,17)12-5-3-11(15)4-6-12/h3-6,10,14-15H,7-9H2,1-2H3. The lowest BCUT2D eigenvalue weighted by molar-refractivity contribution is 0.372. The van der Waals surface area contributed by atoms with Crippen LogP contribution in [-0.2, 0) is 10.0 Å². The van der Waals surface area contributed by atoms with Gasteiger partial charge in [-0.1, -0.05) is 13.8 Å². The first-order chi connectivity index (χ1) is 8.28. The molecule has 0 radical (unpaired) electrons. The van der Waals surface area contributed by atoms with E-state index in [1.54, 1.807) is 0 Å². The van der Waals surface area contributed by atoms with Crippen LogP contribution in [0.25, 0.3) is 0 Å². The summed E-state index contributed by atoms with van der Waals surface area (Å²) < 4.78 is 27.0. The van der Waals surface area contributed by atoms with Crippen molar-refractivity contribution in [3.63, 3.8) is 0 Å². The second-order valence-electron chi connectivity index (χ2n) is 5.72. The summed E-state index contributed by atoms with van der Waals surface area (Å²) in [5, 5.41) is 9.16. The van der Waals surface area contributed by atoms with Crippen molar-refractivity contribution in [2.45, 2.75) is 44.0 Å². The van der Waals surface area contributed by atoms with Crippen LogP contribution in [0.5, 0.6) is 5.75 Å². The Balaban J connectivity index is 2.11. The van der Waals surface area contributed by atoms with Crippen LogP contribution in [0, 0.1) is 5.41 Å². The fourth-order valence-corrected chi connectivity index (χ4v) is 3.72. The van der Waals surface area contributed by atoms with Crippen LogP contribution < -0.4 is 4.72 Å². The molecule has 1 aromatic carbocycles. The van der Waals surface area contributed by atoms with Crippen molar-refractivity contribution in [1.82, 2.24) is 4.72 Å². The van der Waals surface area contributed by atoms with Gasteiger partial charge in [0.1, 0.15) is 5.75 Å². The average molecular weight is 269 g/mol. The van der Waals surface area contributed by atoms with Crippen LogP contribution >= 0.6 is 0 Å². The van der Waals surface area contributed by atoms with Gasteiger partial charge in [0.15, 0.2) is 0 Å². The summed E-state index contributed by atoms with van der Waals surface area (Å²) in [6, 6.07) is 5.61. The minimum atomic E-state index is -3.47. The lowest BCUT2D eigenvalue weighted by Gasteiger charge is -2.17. The summed E-state index contributed by atoms with van der Waals surface area (Å²) in [5.41, 5.74) is 0.210. The molecule has 1 fully saturated rings. The van der Waals surface area contributed by atoms with Gasteiger partial charge in [-0.3, -0.25) is 0 Å². The number of sulfonamides is 1. The molecule has 18 heavy (non-hydrogen) atoms. The smallest absolute Gasteiger partial charge is 0.240 e. The van der Waals surface area contributed by atoms with Crippen molar-refractivity contribution in [1.29, 1.82) is 0 Å². The number of hydrogen-bond donors (Lipinski definition) is 2. The molecular weight excluding hydrogens is 250 g/mol. The third-order valence-electron chi connectivity index (χ3n) is 3.44. The molecule has 4 nitrogen and oxygen atoms in total. The van der Waals surface area contributed by atoms with Crippen LogP contribution in [0.2, 0.25) is 0 Å². The lowest BCUT2D eigenvalue weighted by atomic mass is 9.92. The molecule has 1 unspecified atom stereocenters. The first kappa shape index (κ1) is 13.4. The van der Waals surface area contributed by atoms with Crippen LogP contribution in [0.1, 0.15) is 33.1 Å². The predicted octanol–water partition coefficient (Wildman–Crippen LogP) is 2.25. The van der Waals surface area contributed by atoms with Gasteiger partial charge in [-0.05, 0) is 48.9 Å². The number of rotatable bonds is 3. The quantitative estimate of drug-likeness (QED) is 0.884. The predicted molar refractivity (Wildman–Crippen MR) is 69.8 cm³/mol. The molecule has 0 saturated heterocycles. The van der Waals surface area contributed by atoms with Crippen molar-refractivity contribution in [3.05, 3.63) is 24.3 Å². The number of hydrogen-bond acceptors (Lipinski definition) is 3. The highest BCUT2D eigenvalue weighted by Crippen LogP contribution is 2.37. The van der Waals surface area contributed by atoms with E-state index >= 15 is 0 Å². The number of phenolic OH excluding ortho intramolecular Hbond substituents is 1. The molecule has 100 valence electrons. The lowest BCUT2D eigenvalue weighted by Crippen LogP contribution is -2.33. The zero-order valence-electron chi connectivity index (χ0n) is 10.7. The number of nitrogens with one attached hydrogen (secondary N) is 1. The molecule has 0 aliphatic heterocycles. The summed E-state index contributed by atoms with van der Waals surface area (Å²) in [6.07, 6.45) is 2.78. The van der Waals surface area contributed by atoms with E-state index in [-0.39, 0.29) is 22.1 Å². The van der Waals surface area contributed by atoms with Crippen LogP contribution in [-0.4, -0.2) is 19.6 Å². The highest BCUT2D eigenvalue weighted by molar-refractivity contribution is 7.89. The van der Waals surface area contributed by atoms with Crippen molar-refractivity contribution in [3.8, 4) is 5.75 Å². The molecule has 1 aromatic rings. The molecule has 0 bridgehead atoms. The number of aromatic hydroxyl groups is 1. The maximum absolute atomic E-state index is 12.1. The Hall–Kier alpha value is -1.07.